The Morgan fingerprint density at radius 2 is 1.64 bits per heavy atom. The number of hydrogen-bond donors (Lipinski definition) is 0. The first-order valence-corrected chi connectivity index (χ1v) is 14.6. The molecule has 0 aromatic heterocycles. The summed E-state index contributed by atoms with van der Waals surface area (Å²) >= 11 is 6.11. The molecule has 2 aromatic carbocycles. The van der Waals surface area contributed by atoms with Gasteiger partial charge in [-0.25, -0.2) is 0 Å². The van der Waals surface area contributed by atoms with E-state index in [2.05, 4.69) is 0 Å². The number of ether oxygens (including phenoxy) is 1. The van der Waals surface area contributed by atoms with E-state index in [-0.39, 0.29) is 46.9 Å². The summed E-state index contributed by atoms with van der Waals surface area (Å²) in [6.07, 6.45) is -1.72. The Hall–Kier alpha value is -3.27. The highest BCUT2D eigenvalue weighted by Gasteiger charge is 2.48. The minimum Gasteiger partial charge on any atom is -0.496 e. The van der Waals surface area contributed by atoms with Crippen LogP contribution in [0.2, 0.25) is 5.02 Å². The maximum atomic E-state index is 13.7. The Morgan fingerprint density at radius 3 is 2.21 bits per heavy atom. The van der Waals surface area contributed by atoms with Crippen molar-refractivity contribution in [1.29, 1.82) is 0 Å². The molecule has 1 aliphatic carbocycles. The lowest BCUT2D eigenvalue weighted by Gasteiger charge is -2.34. The number of piperidine rings is 1. The van der Waals surface area contributed by atoms with Gasteiger partial charge in [-0.2, -0.15) is 13.2 Å². The number of alkyl halides is 3. The lowest BCUT2D eigenvalue weighted by Crippen LogP contribution is -2.46. The Bertz CT molecular complexity index is 1350. The van der Waals surface area contributed by atoms with Gasteiger partial charge in [0.1, 0.15) is 5.75 Å². The molecule has 2 heterocycles. The molecular weight excluding hydrogens is 571 g/mol. The maximum Gasteiger partial charge on any atom is 0.419 e. The fourth-order valence-electron chi connectivity index (χ4n) is 6.18. The van der Waals surface area contributed by atoms with E-state index in [1.807, 2.05) is 24.0 Å². The van der Waals surface area contributed by atoms with Gasteiger partial charge in [-0.15, -0.1) is 0 Å². The minimum atomic E-state index is -4.70. The number of benzene rings is 2. The number of methoxy groups -OCH3 is 1. The first-order chi connectivity index (χ1) is 19.8. The number of hydrogen-bond acceptors (Lipinski definition) is 4. The maximum absolute atomic E-state index is 13.7. The number of likely N-dealkylation sites (tertiary alicyclic amines) is 2. The first kappa shape index (κ1) is 30.2. The molecule has 1 saturated carbocycles. The molecule has 5 rings (SSSR count). The summed E-state index contributed by atoms with van der Waals surface area (Å²) in [5, 5.41) is 0.546. The Balaban J connectivity index is 1.34. The van der Waals surface area contributed by atoms with E-state index in [0.717, 1.165) is 37.6 Å². The SMILES string of the molecule is COc1ccc(C(=O)N(C)C2CN(C(=O)C3CCN(C(=O)C4(C)CC4)CC3)CC2c2ccc(Cl)cc2)cc1C(F)(F)F. The zero-order valence-corrected chi connectivity index (χ0v) is 24.7. The van der Waals surface area contributed by atoms with Crippen molar-refractivity contribution in [3.05, 3.63) is 64.2 Å². The summed E-state index contributed by atoms with van der Waals surface area (Å²) in [5.41, 5.74) is -0.510. The molecule has 2 aliphatic heterocycles. The number of halogens is 4. The molecule has 3 aliphatic rings. The number of carbonyl (C=O) groups excluding carboxylic acids is 3. The van der Waals surface area contributed by atoms with Gasteiger partial charge in [0.05, 0.1) is 18.7 Å². The van der Waals surface area contributed by atoms with Crippen LogP contribution in [0.25, 0.3) is 0 Å². The van der Waals surface area contributed by atoms with Crippen molar-refractivity contribution in [2.24, 2.45) is 11.3 Å². The molecule has 11 heteroatoms. The van der Waals surface area contributed by atoms with Crippen LogP contribution < -0.4 is 4.74 Å². The number of likely N-dealkylation sites (N-methyl/N-ethyl adjacent to an activating group) is 1. The zero-order valence-electron chi connectivity index (χ0n) is 23.9. The van der Waals surface area contributed by atoms with E-state index in [9.17, 15) is 27.6 Å². The van der Waals surface area contributed by atoms with Crippen LogP contribution in [-0.4, -0.2) is 78.8 Å². The molecule has 0 bridgehead atoms. The number of amides is 3. The van der Waals surface area contributed by atoms with E-state index < -0.39 is 23.7 Å². The summed E-state index contributed by atoms with van der Waals surface area (Å²) in [7, 11) is 2.71. The highest BCUT2D eigenvalue weighted by molar-refractivity contribution is 6.30. The zero-order chi connectivity index (χ0) is 30.4. The van der Waals surface area contributed by atoms with Crippen molar-refractivity contribution in [1.82, 2.24) is 14.7 Å². The average Bonchev–Trinajstić information content (AvgIpc) is 3.58. The van der Waals surface area contributed by atoms with Crippen molar-refractivity contribution < 1.29 is 32.3 Å². The second-order valence-corrected chi connectivity index (χ2v) is 12.4. The molecule has 7 nitrogen and oxygen atoms in total. The van der Waals surface area contributed by atoms with E-state index in [1.165, 1.54) is 11.0 Å². The van der Waals surface area contributed by atoms with Crippen molar-refractivity contribution >= 4 is 29.3 Å². The minimum absolute atomic E-state index is 0.0224. The predicted molar refractivity (Wildman–Crippen MR) is 151 cm³/mol. The van der Waals surface area contributed by atoms with Crippen LogP contribution in [0.1, 0.15) is 60.0 Å². The van der Waals surface area contributed by atoms with Crippen LogP contribution in [0.5, 0.6) is 5.75 Å². The Kier molecular flexibility index (Phi) is 8.22. The number of nitrogens with zero attached hydrogens (tertiary/aromatic N) is 3. The van der Waals surface area contributed by atoms with E-state index >= 15 is 0 Å². The quantitative estimate of drug-likeness (QED) is 0.438. The molecule has 2 unspecified atom stereocenters. The molecule has 3 amide bonds. The normalized spacial score (nSPS) is 22.2. The van der Waals surface area contributed by atoms with Gasteiger partial charge in [0.25, 0.3) is 5.91 Å². The molecule has 2 saturated heterocycles. The summed E-state index contributed by atoms with van der Waals surface area (Å²) in [5.74, 6) is -1.30. The van der Waals surface area contributed by atoms with Gasteiger partial charge in [0.2, 0.25) is 11.8 Å². The standard InChI is InChI=1S/C31H35ClF3N3O4/c1-30(12-13-30)29(41)37-14-10-20(11-15-37)28(40)38-17-23(19-4-7-22(32)8-5-19)25(18-38)36(2)27(39)21-6-9-26(42-3)24(16-21)31(33,34)35/h4-9,16,20,23,25H,10-15,17-18H2,1-3H3. The molecule has 0 N–H and O–H groups in total. The molecule has 226 valence electrons. The van der Waals surface area contributed by atoms with Gasteiger partial charge < -0.3 is 19.4 Å². The fraction of sp³-hybridized carbons (Fsp3) is 0.516. The number of carbonyl (C=O) groups is 3. The van der Waals surface area contributed by atoms with E-state index in [1.54, 1.807) is 24.1 Å². The molecular formula is C31H35ClF3N3O4. The molecule has 3 fully saturated rings. The van der Waals surface area contributed by atoms with Crippen LogP contribution >= 0.6 is 11.6 Å². The van der Waals surface area contributed by atoms with E-state index in [4.69, 9.17) is 16.3 Å². The van der Waals surface area contributed by atoms with Crippen LogP contribution in [0.4, 0.5) is 13.2 Å². The average molecular weight is 606 g/mol. The van der Waals surface area contributed by atoms with Crippen LogP contribution in [-0.2, 0) is 15.8 Å². The smallest absolute Gasteiger partial charge is 0.419 e. The third-order valence-electron chi connectivity index (χ3n) is 9.12. The van der Waals surface area contributed by atoms with Crippen LogP contribution in [0.15, 0.2) is 42.5 Å². The monoisotopic (exact) mass is 605 g/mol. The van der Waals surface area contributed by atoms with Gasteiger partial charge in [-0.05, 0) is 61.6 Å². The molecule has 2 atom stereocenters. The Morgan fingerprint density at radius 1 is 1.00 bits per heavy atom. The highest BCUT2D eigenvalue weighted by atomic mass is 35.5. The summed E-state index contributed by atoms with van der Waals surface area (Å²) in [4.78, 5) is 45.1. The van der Waals surface area contributed by atoms with Gasteiger partial charge in [0, 0.05) is 61.1 Å². The summed E-state index contributed by atoms with van der Waals surface area (Å²) in [6.45, 7) is 3.67. The Labute approximate surface area is 248 Å². The predicted octanol–water partition coefficient (Wildman–Crippen LogP) is 5.47. The van der Waals surface area contributed by atoms with Crippen molar-refractivity contribution in [2.45, 2.75) is 50.7 Å². The first-order valence-electron chi connectivity index (χ1n) is 14.2. The second-order valence-electron chi connectivity index (χ2n) is 11.9. The molecule has 0 spiro atoms. The second kappa shape index (κ2) is 11.4. The summed E-state index contributed by atoms with van der Waals surface area (Å²) < 4.78 is 45.9. The van der Waals surface area contributed by atoms with Gasteiger partial charge in [0.15, 0.2) is 0 Å². The fourth-order valence-corrected chi connectivity index (χ4v) is 6.31. The topological polar surface area (TPSA) is 70.2 Å². The molecule has 0 radical (unpaired) electrons. The number of rotatable bonds is 6. The largest absolute Gasteiger partial charge is 0.496 e. The van der Waals surface area contributed by atoms with E-state index in [0.29, 0.717) is 37.5 Å². The van der Waals surface area contributed by atoms with Crippen molar-refractivity contribution in [3.63, 3.8) is 0 Å². The summed E-state index contributed by atoms with van der Waals surface area (Å²) in [6, 6.07) is 9.98. The van der Waals surface area contributed by atoms with Crippen LogP contribution in [0, 0.1) is 11.3 Å². The lowest BCUT2D eigenvalue weighted by molar-refractivity contribution is -0.142. The van der Waals surface area contributed by atoms with Crippen molar-refractivity contribution in [2.75, 3.05) is 40.3 Å². The van der Waals surface area contributed by atoms with Crippen molar-refractivity contribution in [3.8, 4) is 5.75 Å². The molecule has 42 heavy (non-hydrogen) atoms. The third-order valence-corrected chi connectivity index (χ3v) is 9.37. The third kappa shape index (κ3) is 5.96. The lowest BCUT2D eigenvalue weighted by atomic mass is 9.93. The highest BCUT2D eigenvalue weighted by Crippen LogP contribution is 2.47. The van der Waals surface area contributed by atoms with Gasteiger partial charge >= 0.3 is 6.18 Å². The van der Waals surface area contributed by atoms with Gasteiger partial charge in [-0.1, -0.05) is 30.7 Å². The molecule has 2 aromatic rings. The van der Waals surface area contributed by atoms with Crippen LogP contribution in [0.3, 0.4) is 0 Å². The van der Waals surface area contributed by atoms with Gasteiger partial charge in [-0.3, -0.25) is 14.4 Å².